The predicted octanol–water partition coefficient (Wildman–Crippen LogP) is 3.06. The monoisotopic (exact) mass is 544 g/mol. The zero-order valence-electron chi connectivity index (χ0n) is 18.1. The van der Waals surface area contributed by atoms with Crippen LogP contribution in [-0.2, 0) is 13.1 Å². The number of guanidine groups is 1. The fourth-order valence-electron chi connectivity index (χ4n) is 3.54. The molecule has 9 heteroatoms. The van der Waals surface area contributed by atoms with Crippen molar-refractivity contribution in [1.82, 2.24) is 15.1 Å². The number of phenolic OH excluding ortho intramolecular Hbond substituents is 1. The lowest BCUT2D eigenvalue weighted by Gasteiger charge is -2.36. The van der Waals surface area contributed by atoms with Gasteiger partial charge in [0, 0.05) is 51.9 Å². The van der Waals surface area contributed by atoms with Crippen LogP contribution in [0.1, 0.15) is 11.1 Å². The molecule has 0 unspecified atom stereocenters. The highest BCUT2D eigenvalue weighted by atomic mass is 127. The second-order valence-electron chi connectivity index (χ2n) is 7.13. The van der Waals surface area contributed by atoms with Crippen molar-refractivity contribution in [2.24, 2.45) is 4.99 Å². The van der Waals surface area contributed by atoms with Gasteiger partial charge in [0.2, 0.25) is 0 Å². The Kier molecular flexibility index (Phi) is 9.63. The van der Waals surface area contributed by atoms with Crippen LogP contribution in [0, 0.1) is 5.82 Å². The Morgan fingerprint density at radius 3 is 2.45 bits per heavy atom. The summed E-state index contributed by atoms with van der Waals surface area (Å²) < 4.78 is 24.4. The van der Waals surface area contributed by atoms with Crippen LogP contribution < -0.4 is 14.8 Å². The van der Waals surface area contributed by atoms with Crippen molar-refractivity contribution >= 4 is 29.9 Å². The maximum atomic E-state index is 13.5. The number of aliphatic imine (C=N–C) groups is 1. The zero-order valence-corrected chi connectivity index (χ0v) is 20.4. The second-order valence-corrected chi connectivity index (χ2v) is 7.13. The van der Waals surface area contributed by atoms with Crippen LogP contribution in [0.4, 0.5) is 4.39 Å². The number of hydrogen-bond donors (Lipinski definition) is 2. The number of rotatable bonds is 6. The number of nitrogens with one attached hydrogen (secondary N) is 1. The zero-order chi connectivity index (χ0) is 21.5. The minimum Gasteiger partial charge on any atom is -0.505 e. The first-order valence-electron chi connectivity index (χ1n) is 9.90. The maximum Gasteiger partial charge on any atom is 0.194 e. The first-order valence-corrected chi connectivity index (χ1v) is 9.90. The van der Waals surface area contributed by atoms with E-state index in [1.54, 1.807) is 27.3 Å². The average molecular weight is 544 g/mol. The molecule has 3 rings (SSSR count). The molecule has 0 spiro atoms. The van der Waals surface area contributed by atoms with E-state index in [0.717, 1.165) is 61.3 Å². The lowest BCUT2D eigenvalue weighted by molar-refractivity contribution is 0.171. The van der Waals surface area contributed by atoms with Crippen molar-refractivity contribution in [3.8, 4) is 17.2 Å². The molecule has 2 aromatic carbocycles. The summed E-state index contributed by atoms with van der Waals surface area (Å²) >= 11 is 0. The molecule has 7 nitrogen and oxygen atoms in total. The van der Waals surface area contributed by atoms with Crippen molar-refractivity contribution in [3.05, 3.63) is 53.3 Å². The normalized spacial score (nSPS) is 14.7. The molecule has 1 heterocycles. The molecular weight excluding hydrogens is 514 g/mol. The number of methoxy groups -OCH3 is 2. The van der Waals surface area contributed by atoms with E-state index in [4.69, 9.17) is 9.47 Å². The molecule has 0 aromatic heterocycles. The largest absolute Gasteiger partial charge is 0.505 e. The van der Waals surface area contributed by atoms with Crippen molar-refractivity contribution in [2.75, 3.05) is 47.4 Å². The van der Waals surface area contributed by atoms with E-state index in [0.29, 0.717) is 6.54 Å². The van der Waals surface area contributed by atoms with Crippen LogP contribution in [0.3, 0.4) is 0 Å². The molecule has 1 fully saturated rings. The van der Waals surface area contributed by atoms with E-state index in [-0.39, 0.29) is 29.7 Å². The number of nitrogens with zero attached hydrogens (tertiary/aromatic N) is 3. The van der Waals surface area contributed by atoms with E-state index < -0.39 is 5.82 Å². The van der Waals surface area contributed by atoms with Gasteiger partial charge < -0.3 is 24.8 Å². The molecule has 0 atom stereocenters. The van der Waals surface area contributed by atoms with Crippen molar-refractivity contribution < 1.29 is 19.0 Å². The molecule has 2 N–H and O–H groups in total. The van der Waals surface area contributed by atoms with Gasteiger partial charge in [-0.15, -0.1) is 24.0 Å². The fourth-order valence-corrected chi connectivity index (χ4v) is 3.54. The predicted molar refractivity (Wildman–Crippen MR) is 130 cm³/mol. The number of piperazine rings is 1. The van der Waals surface area contributed by atoms with E-state index in [1.807, 2.05) is 18.2 Å². The summed E-state index contributed by atoms with van der Waals surface area (Å²) in [4.78, 5) is 8.92. The third-order valence-corrected chi connectivity index (χ3v) is 5.23. The number of hydrogen-bond acceptors (Lipinski definition) is 5. The van der Waals surface area contributed by atoms with E-state index in [2.05, 4.69) is 20.1 Å². The van der Waals surface area contributed by atoms with Crippen LogP contribution in [0.5, 0.6) is 17.2 Å². The molecule has 0 amide bonds. The Balaban J connectivity index is 0.00000341. The fraction of sp³-hybridized carbons (Fsp3) is 0.409. The molecule has 1 aliphatic rings. The molecule has 0 saturated carbocycles. The number of halogens is 2. The Morgan fingerprint density at radius 2 is 1.84 bits per heavy atom. The summed E-state index contributed by atoms with van der Waals surface area (Å²) in [6.45, 7) is 4.65. The first kappa shape index (κ1) is 25.0. The topological polar surface area (TPSA) is 69.6 Å². The van der Waals surface area contributed by atoms with Gasteiger partial charge in [-0.3, -0.25) is 9.89 Å². The van der Waals surface area contributed by atoms with Gasteiger partial charge in [-0.05, 0) is 35.9 Å². The third kappa shape index (κ3) is 6.60. The highest BCUT2D eigenvalue weighted by molar-refractivity contribution is 14.0. The van der Waals surface area contributed by atoms with Gasteiger partial charge in [-0.1, -0.05) is 6.07 Å². The summed E-state index contributed by atoms with van der Waals surface area (Å²) in [5, 5.41) is 12.6. The van der Waals surface area contributed by atoms with Crippen LogP contribution in [0.15, 0.2) is 41.4 Å². The smallest absolute Gasteiger partial charge is 0.194 e. The molecule has 0 radical (unpaired) electrons. The van der Waals surface area contributed by atoms with Gasteiger partial charge in [0.1, 0.15) is 11.5 Å². The second kappa shape index (κ2) is 11.9. The summed E-state index contributed by atoms with van der Waals surface area (Å²) in [6, 6.07) is 10.2. The number of aromatic hydroxyl groups is 1. The van der Waals surface area contributed by atoms with Crippen molar-refractivity contribution in [2.45, 2.75) is 13.1 Å². The average Bonchev–Trinajstić information content (AvgIpc) is 2.77. The number of benzene rings is 2. The molecule has 170 valence electrons. The Hall–Kier alpha value is -2.27. The molecule has 0 aliphatic carbocycles. The highest BCUT2D eigenvalue weighted by Crippen LogP contribution is 2.25. The minimum absolute atomic E-state index is 0. The Morgan fingerprint density at radius 1 is 1.10 bits per heavy atom. The van der Waals surface area contributed by atoms with Gasteiger partial charge in [0.25, 0.3) is 0 Å². The van der Waals surface area contributed by atoms with Crippen LogP contribution in [0.25, 0.3) is 0 Å². The molecule has 1 aliphatic heterocycles. The summed E-state index contributed by atoms with van der Waals surface area (Å²) in [7, 11) is 5.08. The number of phenols is 1. The molecular formula is C22H30FIN4O3. The molecule has 31 heavy (non-hydrogen) atoms. The van der Waals surface area contributed by atoms with Crippen molar-refractivity contribution in [1.29, 1.82) is 0 Å². The first-order chi connectivity index (χ1) is 14.5. The summed E-state index contributed by atoms with van der Waals surface area (Å²) in [5.74, 6) is 1.50. The van der Waals surface area contributed by atoms with Crippen LogP contribution in [0.2, 0.25) is 0 Å². The number of ether oxygens (including phenoxy) is 2. The molecule has 1 saturated heterocycles. The standard InChI is InChI=1S/C22H29FN4O3.HI/c1-24-22(25-14-16-4-6-20(28)19(23)12-16)27-10-8-26(9-11-27)15-17-13-18(29-2)5-7-21(17)30-3;/h4-7,12-13,28H,8-11,14-15H2,1-3H3,(H,24,25);1H. The quantitative estimate of drug-likeness (QED) is 0.331. The van der Waals surface area contributed by atoms with Gasteiger partial charge in [0.05, 0.1) is 14.2 Å². The summed E-state index contributed by atoms with van der Waals surface area (Å²) in [6.07, 6.45) is 0. The van der Waals surface area contributed by atoms with Crippen LogP contribution in [-0.4, -0.2) is 68.3 Å². The molecule has 0 bridgehead atoms. The Bertz CT molecular complexity index is 889. The van der Waals surface area contributed by atoms with Gasteiger partial charge in [-0.25, -0.2) is 4.39 Å². The van der Waals surface area contributed by atoms with E-state index in [1.165, 1.54) is 12.1 Å². The van der Waals surface area contributed by atoms with E-state index in [9.17, 15) is 9.50 Å². The lowest BCUT2D eigenvalue weighted by Crippen LogP contribution is -2.52. The lowest BCUT2D eigenvalue weighted by atomic mass is 10.1. The highest BCUT2D eigenvalue weighted by Gasteiger charge is 2.21. The van der Waals surface area contributed by atoms with Gasteiger partial charge in [-0.2, -0.15) is 0 Å². The Labute approximate surface area is 199 Å². The third-order valence-electron chi connectivity index (χ3n) is 5.23. The van der Waals surface area contributed by atoms with E-state index >= 15 is 0 Å². The summed E-state index contributed by atoms with van der Waals surface area (Å²) in [5.41, 5.74) is 1.84. The van der Waals surface area contributed by atoms with Gasteiger partial charge >= 0.3 is 0 Å². The molecule has 2 aromatic rings. The maximum absolute atomic E-state index is 13.5. The minimum atomic E-state index is -0.620. The van der Waals surface area contributed by atoms with Crippen LogP contribution >= 0.6 is 24.0 Å². The van der Waals surface area contributed by atoms with Gasteiger partial charge in [0.15, 0.2) is 17.5 Å². The van der Waals surface area contributed by atoms with Crippen molar-refractivity contribution in [3.63, 3.8) is 0 Å². The SMILES string of the molecule is CN=C(NCc1ccc(O)c(F)c1)N1CCN(Cc2cc(OC)ccc2OC)CC1.I.